The number of halogens is 2. The summed E-state index contributed by atoms with van der Waals surface area (Å²) in [7, 11) is 0. The molecule has 5 nitrogen and oxygen atoms in total. The number of carbonyl (C=O) groups excluding carboxylic acids is 2. The largest absolute Gasteiger partial charge is 0.493 e. The Labute approximate surface area is 137 Å². The molecular weight excluding hydrogens is 320 g/mol. The Bertz CT molecular complexity index is 749. The predicted octanol–water partition coefficient (Wildman–Crippen LogP) is 3.16. The van der Waals surface area contributed by atoms with Crippen LogP contribution in [0.3, 0.4) is 0 Å². The SMILES string of the molecule is CCOc1ccccc1C(=O)OCC(=O)Nc1cc(F)ccc1F. The number of rotatable bonds is 6. The summed E-state index contributed by atoms with van der Waals surface area (Å²) in [5.74, 6) is -2.70. The highest BCUT2D eigenvalue weighted by Crippen LogP contribution is 2.19. The van der Waals surface area contributed by atoms with Gasteiger partial charge in [0.2, 0.25) is 0 Å². The minimum Gasteiger partial charge on any atom is -0.493 e. The van der Waals surface area contributed by atoms with E-state index in [-0.39, 0.29) is 11.3 Å². The molecule has 0 bridgehead atoms. The first kappa shape index (κ1) is 17.4. The summed E-state index contributed by atoms with van der Waals surface area (Å²) >= 11 is 0. The van der Waals surface area contributed by atoms with Crippen LogP contribution in [0.2, 0.25) is 0 Å². The van der Waals surface area contributed by atoms with Crippen LogP contribution in [0, 0.1) is 11.6 Å². The number of hydrogen-bond donors (Lipinski definition) is 1. The third-order valence-corrected chi connectivity index (χ3v) is 2.94. The summed E-state index contributed by atoms with van der Waals surface area (Å²) in [5.41, 5.74) is -0.158. The van der Waals surface area contributed by atoms with E-state index in [1.807, 2.05) is 0 Å². The molecule has 0 aliphatic heterocycles. The van der Waals surface area contributed by atoms with Crippen molar-refractivity contribution in [3.8, 4) is 5.75 Å². The number of carbonyl (C=O) groups is 2. The van der Waals surface area contributed by atoms with Crippen molar-refractivity contribution in [1.29, 1.82) is 0 Å². The van der Waals surface area contributed by atoms with E-state index < -0.39 is 30.1 Å². The van der Waals surface area contributed by atoms with E-state index in [0.717, 1.165) is 18.2 Å². The molecule has 24 heavy (non-hydrogen) atoms. The van der Waals surface area contributed by atoms with Crippen molar-refractivity contribution in [2.45, 2.75) is 6.92 Å². The van der Waals surface area contributed by atoms with Gasteiger partial charge in [-0.25, -0.2) is 13.6 Å². The van der Waals surface area contributed by atoms with Gasteiger partial charge in [0, 0.05) is 6.07 Å². The Morgan fingerprint density at radius 3 is 2.62 bits per heavy atom. The van der Waals surface area contributed by atoms with E-state index in [1.165, 1.54) is 6.07 Å². The molecule has 0 fully saturated rings. The van der Waals surface area contributed by atoms with E-state index in [2.05, 4.69) is 5.32 Å². The van der Waals surface area contributed by atoms with Crippen LogP contribution >= 0.6 is 0 Å². The molecule has 0 heterocycles. The van der Waals surface area contributed by atoms with E-state index >= 15 is 0 Å². The fourth-order valence-corrected chi connectivity index (χ4v) is 1.91. The number of ether oxygens (including phenoxy) is 2. The van der Waals surface area contributed by atoms with E-state index in [9.17, 15) is 18.4 Å². The van der Waals surface area contributed by atoms with Crippen LogP contribution in [0.1, 0.15) is 17.3 Å². The first-order chi connectivity index (χ1) is 11.5. The maximum Gasteiger partial charge on any atom is 0.342 e. The number of nitrogens with one attached hydrogen (secondary N) is 1. The van der Waals surface area contributed by atoms with Crippen molar-refractivity contribution in [3.05, 3.63) is 59.7 Å². The molecule has 1 N–H and O–H groups in total. The molecule has 0 saturated carbocycles. The second-order valence-electron chi connectivity index (χ2n) is 4.68. The molecule has 0 unspecified atom stereocenters. The van der Waals surface area contributed by atoms with Crippen molar-refractivity contribution >= 4 is 17.6 Å². The number of esters is 1. The van der Waals surface area contributed by atoms with Gasteiger partial charge in [0.25, 0.3) is 5.91 Å². The number of anilines is 1. The smallest absolute Gasteiger partial charge is 0.342 e. The molecule has 2 aromatic rings. The van der Waals surface area contributed by atoms with Gasteiger partial charge in [0.1, 0.15) is 22.9 Å². The van der Waals surface area contributed by atoms with Gasteiger partial charge in [-0.2, -0.15) is 0 Å². The van der Waals surface area contributed by atoms with Crippen molar-refractivity contribution < 1.29 is 27.8 Å². The molecular formula is C17H15F2NO4. The van der Waals surface area contributed by atoms with Crippen molar-refractivity contribution in [3.63, 3.8) is 0 Å². The van der Waals surface area contributed by atoms with Crippen LogP contribution in [0.25, 0.3) is 0 Å². The van der Waals surface area contributed by atoms with Gasteiger partial charge >= 0.3 is 5.97 Å². The molecule has 0 radical (unpaired) electrons. The molecule has 0 aromatic heterocycles. The highest BCUT2D eigenvalue weighted by Gasteiger charge is 2.16. The average molecular weight is 335 g/mol. The molecule has 2 aromatic carbocycles. The second kappa shape index (κ2) is 8.05. The van der Waals surface area contributed by atoms with Crippen LogP contribution in [0.5, 0.6) is 5.75 Å². The second-order valence-corrected chi connectivity index (χ2v) is 4.68. The molecule has 1 amide bonds. The highest BCUT2D eigenvalue weighted by atomic mass is 19.1. The van der Waals surface area contributed by atoms with Crippen molar-refractivity contribution in [2.24, 2.45) is 0 Å². The lowest BCUT2D eigenvalue weighted by molar-refractivity contribution is -0.119. The molecule has 0 spiro atoms. The number of benzene rings is 2. The molecule has 0 aliphatic carbocycles. The van der Waals surface area contributed by atoms with Crippen molar-refractivity contribution in [2.75, 3.05) is 18.5 Å². The van der Waals surface area contributed by atoms with Gasteiger partial charge in [0.15, 0.2) is 6.61 Å². The van der Waals surface area contributed by atoms with E-state index in [1.54, 1.807) is 25.1 Å². The Morgan fingerprint density at radius 2 is 1.88 bits per heavy atom. The summed E-state index contributed by atoms with van der Waals surface area (Å²) in [6, 6.07) is 9.06. The Balaban J connectivity index is 1.96. The fraction of sp³-hybridized carbons (Fsp3) is 0.176. The first-order valence-electron chi connectivity index (χ1n) is 7.15. The van der Waals surface area contributed by atoms with E-state index in [4.69, 9.17) is 9.47 Å². The average Bonchev–Trinajstić information content (AvgIpc) is 2.57. The van der Waals surface area contributed by atoms with Crippen LogP contribution in [-0.4, -0.2) is 25.1 Å². The molecule has 0 atom stereocenters. The quantitative estimate of drug-likeness (QED) is 0.824. The lowest BCUT2D eigenvalue weighted by atomic mass is 10.2. The normalized spacial score (nSPS) is 10.1. The molecule has 2 rings (SSSR count). The lowest BCUT2D eigenvalue weighted by Crippen LogP contribution is -2.21. The number of hydrogen-bond acceptors (Lipinski definition) is 4. The molecule has 126 valence electrons. The Kier molecular flexibility index (Phi) is 5.83. The first-order valence-corrected chi connectivity index (χ1v) is 7.15. The van der Waals surface area contributed by atoms with Crippen LogP contribution < -0.4 is 10.1 Å². The van der Waals surface area contributed by atoms with Gasteiger partial charge in [-0.3, -0.25) is 4.79 Å². The van der Waals surface area contributed by atoms with Crippen LogP contribution in [-0.2, 0) is 9.53 Å². The van der Waals surface area contributed by atoms with E-state index in [0.29, 0.717) is 12.4 Å². The maximum absolute atomic E-state index is 13.4. The summed E-state index contributed by atoms with van der Waals surface area (Å²) in [4.78, 5) is 23.7. The van der Waals surface area contributed by atoms with Gasteiger partial charge in [-0.1, -0.05) is 12.1 Å². The Morgan fingerprint density at radius 1 is 1.12 bits per heavy atom. The van der Waals surface area contributed by atoms with Crippen molar-refractivity contribution in [1.82, 2.24) is 0 Å². The summed E-state index contributed by atoms with van der Waals surface area (Å²) < 4.78 is 36.6. The molecule has 0 saturated heterocycles. The number of amides is 1. The topological polar surface area (TPSA) is 64.6 Å². The molecule has 0 aliphatic rings. The summed E-state index contributed by atoms with van der Waals surface area (Å²) in [6.07, 6.45) is 0. The van der Waals surface area contributed by atoms with Gasteiger partial charge in [-0.05, 0) is 31.2 Å². The van der Waals surface area contributed by atoms with Gasteiger partial charge < -0.3 is 14.8 Å². The van der Waals surface area contributed by atoms with Gasteiger partial charge in [-0.15, -0.1) is 0 Å². The number of para-hydroxylation sites is 1. The minimum atomic E-state index is -0.794. The highest BCUT2D eigenvalue weighted by molar-refractivity contribution is 5.96. The lowest BCUT2D eigenvalue weighted by Gasteiger charge is -2.10. The van der Waals surface area contributed by atoms with Gasteiger partial charge in [0.05, 0.1) is 12.3 Å². The minimum absolute atomic E-state index is 0.170. The van der Waals surface area contributed by atoms with Crippen LogP contribution in [0.15, 0.2) is 42.5 Å². The predicted molar refractivity (Wildman–Crippen MR) is 82.9 cm³/mol. The third-order valence-electron chi connectivity index (χ3n) is 2.94. The van der Waals surface area contributed by atoms with Crippen LogP contribution in [0.4, 0.5) is 14.5 Å². The maximum atomic E-state index is 13.4. The molecule has 7 heteroatoms. The standard InChI is InChI=1S/C17H15F2NO4/c1-2-23-15-6-4-3-5-12(15)17(22)24-10-16(21)20-14-9-11(18)7-8-13(14)19/h3-9H,2,10H2,1H3,(H,20,21). The third kappa shape index (κ3) is 4.52. The summed E-state index contributed by atoms with van der Waals surface area (Å²) in [6.45, 7) is 1.49. The zero-order valence-corrected chi connectivity index (χ0v) is 12.8. The fourth-order valence-electron chi connectivity index (χ4n) is 1.91. The summed E-state index contributed by atoms with van der Waals surface area (Å²) in [5, 5.41) is 2.14. The monoisotopic (exact) mass is 335 g/mol. The zero-order valence-electron chi connectivity index (χ0n) is 12.8. The Hall–Kier alpha value is -2.96. The zero-order chi connectivity index (χ0) is 17.5.